The number of alkyl halides is 3. The monoisotopic (exact) mass is 386 g/mol. The van der Waals surface area contributed by atoms with E-state index in [1.165, 1.54) is 0 Å². The molecule has 2 amide bonds. The maximum Gasteiger partial charge on any atom is 0.391 e. The quantitative estimate of drug-likeness (QED) is 0.835. The van der Waals surface area contributed by atoms with Crippen LogP contribution in [0, 0.1) is 5.92 Å². The minimum absolute atomic E-state index is 0.0677. The van der Waals surface area contributed by atoms with Crippen LogP contribution in [0.3, 0.4) is 0 Å². The van der Waals surface area contributed by atoms with Crippen molar-refractivity contribution in [2.75, 3.05) is 31.2 Å². The Kier molecular flexibility index (Phi) is 6.41. The molecule has 0 aromatic carbocycles. The SMILES string of the molecule is O=C(NCc1cccnc1N1CCOCC1)NC1CCC(C(F)(F)F)CC1. The van der Waals surface area contributed by atoms with Crippen molar-refractivity contribution in [1.82, 2.24) is 15.6 Å². The highest BCUT2D eigenvalue weighted by molar-refractivity contribution is 5.74. The second-order valence-electron chi connectivity index (χ2n) is 7.00. The molecule has 1 aromatic rings. The molecule has 1 saturated carbocycles. The van der Waals surface area contributed by atoms with Crippen molar-refractivity contribution in [1.29, 1.82) is 0 Å². The summed E-state index contributed by atoms with van der Waals surface area (Å²) in [6.07, 6.45) is -1.58. The largest absolute Gasteiger partial charge is 0.391 e. The maximum atomic E-state index is 12.7. The summed E-state index contributed by atoms with van der Waals surface area (Å²) in [5.41, 5.74) is 0.898. The standard InChI is InChI=1S/C18H25F3N4O2/c19-18(20,21)14-3-5-15(6-4-14)24-17(26)23-12-13-2-1-7-22-16(13)25-8-10-27-11-9-25/h1-2,7,14-15H,3-6,8-12H2,(H2,23,24,26). The second-order valence-corrected chi connectivity index (χ2v) is 7.00. The van der Waals surface area contributed by atoms with Gasteiger partial charge in [0.1, 0.15) is 5.82 Å². The summed E-state index contributed by atoms with van der Waals surface area (Å²) in [5, 5.41) is 5.59. The van der Waals surface area contributed by atoms with Crippen molar-refractivity contribution in [2.24, 2.45) is 5.92 Å². The molecule has 1 saturated heterocycles. The summed E-state index contributed by atoms with van der Waals surface area (Å²) in [4.78, 5) is 18.7. The van der Waals surface area contributed by atoms with Crippen LogP contribution in [0.25, 0.3) is 0 Å². The fourth-order valence-electron chi connectivity index (χ4n) is 3.61. The summed E-state index contributed by atoms with van der Waals surface area (Å²) in [5.74, 6) is -0.420. The molecule has 0 spiro atoms. The second kappa shape index (κ2) is 8.77. The summed E-state index contributed by atoms with van der Waals surface area (Å²) in [6.45, 7) is 3.09. The van der Waals surface area contributed by atoms with Crippen LogP contribution in [-0.2, 0) is 11.3 Å². The molecular formula is C18H25F3N4O2. The van der Waals surface area contributed by atoms with Crippen molar-refractivity contribution in [3.05, 3.63) is 23.9 Å². The average Bonchev–Trinajstić information content (AvgIpc) is 2.67. The first-order valence-corrected chi connectivity index (χ1v) is 9.31. The van der Waals surface area contributed by atoms with E-state index in [9.17, 15) is 18.0 Å². The first-order chi connectivity index (χ1) is 12.9. The average molecular weight is 386 g/mol. The zero-order valence-corrected chi connectivity index (χ0v) is 15.1. The maximum absolute atomic E-state index is 12.7. The minimum Gasteiger partial charge on any atom is -0.378 e. The van der Waals surface area contributed by atoms with E-state index in [0.29, 0.717) is 32.6 Å². The van der Waals surface area contributed by atoms with Crippen LogP contribution in [0.4, 0.5) is 23.8 Å². The van der Waals surface area contributed by atoms with Crippen LogP contribution in [0.15, 0.2) is 18.3 Å². The highest BCUT2D eigenvalue weighted by atomic mass is 19.4. The Morgan fingerprint density at radius 2 is 1.93 bits per heavy atom. The molecule has 0 atom stereocenters. The third-order valence-electron chi connectivity index (χ3n) is 5.14. The Bertz CT molecular complexity index is 627. The Morgan fingerprint density at radius 1 is 1.22 bits per heavy atom. The van der Waals surface area contributed by atoms with Crippen molar-refractivity contribution in [3.8, 4) is 0 Å². The molecule has 3 rings (SSSR count). The van der Waals surface area contributed by atoms with Gasteiger partial charge in [-0.15, -0.1) is 0 Å². The van der Waals surface area contributed by atoms with Crippen molar-refractivity contribution in [3.63, 3.8) is 0 Å². The number of aromatic nitrogens is 1. The molecule has 2 N–H and O–H groups in total. The van der Waals surface area contributed by atoms with Crippen molar-refractivity contribution in [2.45, 2.75) is 44.4 Å². The number of nitrogens with one attached hydrogen (secondary N) is 2. The number of urea groups is 1. The van der Waals surface area contributed by atoms with Gasteiger partial charge in [-0.1, -0.05) is 6.07 Å². The molecule has 150 valence electrons. The van der Waals surface area contributed by atoms with E-state index in [1.54, 1.807) is 6.20 Å². The number of halogens is 3. The lowest BCUT2D eigenvalue weighted by molar-refractivity contribution is -0.182. The Labute approximate surface area is 156 Å². The molecule has 0 radical (unpaired) electrons. The van der Waals surface area contributed by atoms with Crippen molar-refractivity contribution < 1.29 is 22.7 Å². The predicted octanol–water partition coefficient (Wildman–Crippen LogP) is 2.84. The number of hydrogen-bond acceptors (Lipinski definition) is 4. The number of anilines is 1. The third kappa shape index (κ3) is 5.47. The number of carbonyl (C=O) groups is 1. The lowest BCUT2D eigenvalue weighted by atomic mass is 9.86. The summed E-state index contributed by atoms with van der Waals surface area (Å²) in [7, 11) is 0. The highest BCUT2D eigenvalue weighted by Crippen LogP contribution is 2.37. The van der Waals surface area contributed by atoms with E-state index in [4.69, 9.17) is 4.74 Å². The molecule has 6 nitrogen and oxygen atoms in total. The van der Waals surface area contributed by atoms with E-state index in [2.05, 4.69) is 20.5 Å². The predicted molar refractivity (Wildman–Crippen MR) is 94.4 cm³/mol. The number of hydrogen-bond donors (Lipinski definition) is 2. The number of pyridine rings is 1. The molecule has 2 heterocycles. The van der Waals surface area contributed by atoms with Crippen LogP contribution in [0.5, 0.6) is 0 Å². The van der Waals surface area contributed by atoms with Crippen LogP contribution in [0.2, 0.25) is 0 Å². The van der Waals surface area contributed by atoms with Crippen LogP contribution in [-0.4, -0.2) is 49.5 Å². The van der Waals surface area contributed by atoms with E-state index in [-0.39, 0.29) is 24.9 Å². The van der Waals surface area contributed by atoms with Gasteiger partial charge in [-0.25, -0.2) is 9.78 Å². The van der Waals surface area contributed by atoms with Gasteiger partial charge in [0.25, 0.3) is 0 Å². The van der Waals surface area contributed by atoms with Gasteiger partial charge < -0.3 is 20.3 Å². The number of ether oxygens (including phenoxy) is 1. The molecule has 9 heteroatoms. The molecule has 0 bridgehead atoms. The first kappa shape index (κ1) is 19.7. The van der Waals surface area contributed by atoms with E-state index in [1.807, 2.05) is 12.1 Å². The van der Waals surface area contributed by atoms with Gasteiger partial charge in [-0.2, -0.15) is 13.2 Å². The minimum atomic E-state index is -4.14. The van der Waals surface area contributed by atoms with Crippen LogP contribution in [0.1, 0.15) is 31.2 Å². The molecule has 1 aliphatic heterocycles. The number of nitrogens with zero attached hydrogens (tertiary/aromatic N) is 2. The molecule has 2 fully saturated rings. The third-order valence-corrected chi connectivity index (χ3v) is 5.14. The molecule has 1 aliphatic carbocycles. The zero-order chi connectivity index (χ0) is 19.3. The van der Waals surface area contributed by atoms with Crippen molar-refractivity contribution >= 4 is 11.8 Å². The Morgan fingerprint density at radius 3 is 2.59 bits per heavy atom. The topological polar surface area (TPSA) is 66.5 Å². The van der Waals surface area contributed by atoms with Gasteiger partial charge in [0.2, 0.25) is 0 Å². The number of morpholine rings is 1. The van der Waals surface area contributed by atoms with Gasteiger partial charge in [0.05, 0.1) is 19.1 Å². The first-order valence-electron chi connectivity index (χ1n) is 9.31. The van der Waals surface area contributed by atoms with Gasteiger partial charge in [-0.3, -0.25) is 0 Å². The number of carbonyl (C=O) groups excluding carboxylic acids is 1. The zero-order valence-electron chi connectivity index (χ0n) is 15.1. The summed E-state index contributed by atoms with van der Waals surface area (Å²) < 4.78 is 43.5. The Hall–Kier alpha value is -2.03. The molecule has 27 heavy (non-hydrogen) atoms. The van der Waals surface area contributed by atoms with Crippen LogP contribution >= 0.6 is 0 Å². The highest BCUT2D eigenvalue weighted by Gasteiger charge is 2.41. The normalized spacial score (nSPS) is 23.7. The van der Waals surface area contributed by atoms with E-state index in [0.717, 1.165) is 24.5 Å². The van der Waals surface area contributed by atoms with Gasteiger partial charge in [0, 0.05) is 37.4 Å². The fourth-order valence-corrected chi connectivity index (χ4v) is 3.61. The summed E-state index contributed by atoms with van der Waals surface area (Å²) >= 11 is 0. The molecular weight excluding hydrogens is 361 g/mol. The van der Waals surface area contributed by atoms with Crippen LogP contribution < -0.4 is 15.5 Å². The number of rotatable bonds is 4. The molecule has 2 aliphatic rings. The number of amides is 2. The van der Waals surface area contributed by atoms with E-state index < -0.39 is 12.1 Å². The Balaban J connectivity index is 1.47. The van der Waals surface area contributed by atoms with E-state index >= 15 is 0 Å². The van der Waals surface area contributed by atoms with Gasteiger partial charge >= 0.3 is 12.2 Å². The fraction of sp³-hybridized carbons (Fsp3) is 0.667. The van der Waals surface area contributed by atoms with Gasteiger partial charge in [-0.05, 0) is 31.7 Å². The molecule has 0 unspecified atom stereocenters. The van der Waals surface area contributed by atoms with Gasteiger partial charge in [0.15, 0.2) is 0 Å². The lowest BCUT2D eigenvalue weighted by Gasteiger charge is -2.30. The summed E-state index contributed by atoms with van der Waals surface area (Å²) in [6, 6.07) is 3.16. The smallest absolute Gasteiger partial charge is 0.378 e. The lowest BCUT2D eigenvalue weighted by Crippen LogP contribution is -2.44. The molecule has 1 aromatic heterocycles.